The molecule has 0 amide bonds. The summed E-state index contributed by atoms with van der Waals surface area (Å²) in [5.41, 5.74) is 0. The summed E-state index contributed by atoms with van der Waals surface area (Å²) in [4.78, 5) is 29.0. The Kier molecular flexibility index (Phi) is 4.98. The third-order valence-electron chi connectivity index (χ3n) is 1.43. The van der Waals surface area contributed by atoms with Gasteiger partial charge in [0.05, 0.1) is 5.92 Å². The maximum atomic E-state index is 10.7. The van der Waals surface area contributed by atoms with Crippen molar-refractivity contribution in [1.82, 2.24) is 0 Å². The van der Waals surface area contributed by atoms with Crippen molar-refractivity contribution >= 4 is 11.9 Å². The fourth-order valence-electron chi connectivity index (χ4n) is 0.627. The molecule has 0 aromatic carbocycles. The van der Waals surface area contributed by atoms with E-state index in [1.165, 1.54) is 0 Å². The highest BCUT2D eigenvalue weighted by molar-refractivity contribution is 5.73. The summed E-state index contributed by atoms with van der Waals surface area (Å²) in [6.45, 7) is 1.60. The van der Waals surface area contributed by atoms with Crippen LogP contribution in [0.15, 0.2) is 0 Å². The van der Waals surface area contributed by atoms with Crippen LogP contribution in [0.1, 0.15) is 19.8 Å². The Labute approximate surface area is 69.7 Å². The molecule has 0 aliphatic rings. The number of hydrogen-bond donors (Lipinski definition) is 2. The van der Waals surface area contributed by atoms with Crippen LogP contribution in [-0.4, -0.2) is 11.9 Å². The van der Waals surface area contributed by atoms with Crippen molar-refractivity contribution in [1.29, 1.82) is 0 Å². The lowest BCUT2D eigenvalue weighted by Gasteiger charge is -2.05. The lowest BCUT2D eigenvalue weighted by Crippen LogP contribution is -2.20. The summed E-state index contributed by atoms with van der Waals surface area (Å²) >= 11 is 0. The Bertz CT molecular complexity index is 171. The fourth-order valence-corrected chi connectivity index (χ4v) is 0.627. The molecular weight excluding hydrogens is 164 g/mol. The van der Waals surface area contributed by atoms with Crippen LogP contribution in [0.4, 0.5) is 0 Å². The van der Waals surface area contributed by atoms with E-state index in [1.807, 2.05) is 0 Å². The molecule has 0 aromatic heterocycles. The lowest BCUT2D eigenvalue weighted by molar-refractivity contribution is -0.149. The highest BCUT2D eigenvalue weighted by atomic mass is 16.7. The molecule has 1 unspecified atom stereocenters. The van der Waals surface area contributed by atoms with Gasteiger partial charge in [-0.15, -0.1) is 0 Å². The van der Waals surface area contributed by atoms with Gasteiger partial charge in [-0.3, -0.25) is 9.59 Å². The minimum Gasteiger partial charge on any atom is -0.373 e. The van der Waals surface area contributed by atoms with E-state index in [2.05, 4.69) is 21.5 Å². The van der Waals surface area contributed by atoms with Crippen molar-refractivity contribution in [2.24, 2.45) is 17.7 Å². The zero-order valence-electron chi connectivity index (χ0n) is 6.78. The second kappa shape index (κ2) is 5.50. The first-order chi connectivity index (χ1) is 5.61. The minimum atomic E-state index is -0.563. The zero-order chi connectivity index (χ0) is 9.56. The Balaban J connectivity index is 3.63. The first-order valence-electron chi connectivity index (χ1n) is 3.42. The summed E-state index contributed by atoms with van der Waals surface area (Å²) in [5.74, 6) is 7.66. The Morgan fingerprint density at radius 1 is 1.33 bits per heavy atom. The minimum absolute atomic E-state index is 0.0762. The molecule has 12 heavy (non-hydrogen) atoms. The van der Waals surface area contributed by atoms with Crippen LogP contribution in [0, 0.1) is 5.92 Å². The molecule has 4 N–H and O–H groups in total. The predicted molar refractivity (Wildman–Crippen MR) is 39.0 cm³/mol. The molecule has 0 aromatic rings. The zero-order valence-corrected chi connectivity index (χ0v) is 6.78. The second-order valence-corrected chi connectivity index (χ2v) is 2.37. The molecule has 6 heteroatoms. The molecule has 70 valence electrons. The van der Waals surface area contributed by atoms with Crippen molar-refractivity contribution in [3.8, 4) is 0 Å². The summed E-state index contributed by atoms with van der Waals surface area (Å²) in [5, 5.41) is 0. The van der Waals surface area contributed by atoms with Crippen LogP contribution in [0.2, 0.25) is 0 Å². The number of rotatable bonds is 4. The van der Waals surface area contributed by atoms with Crippen molar-refractivity contribution in [3.63, 3.8) is 0 Å². The van der Waals surface area contributed by atoms with Crippen LogP contribution in [0.25, 0.3) is 0 Å². The first kappa shape index (κ1) is 10.9. The molecule has 0 radical (unpaired) electrons. The quantitative estimate of drug-likeness (QED) is 0.545. The van der Waals surface area contributed by atoms with E-state index in [-0.39, 0.29) is 6.42 Å². The van der Waals surface area contributed by atoms with E-state index in [9.17, 15) is 9.59 Å². The van der Waals surface area contributed by atoms with E-state index in [0.717, 1.165) is 0 Å². The molecule has 0 aliphatic heterocycles. The number of nitrogens with two attached hydrogens (primary N) is 2. The van der Waals surface area contributed by atoms with E-state index >= 15 is 0 Å². The Morgan fingerprint density at radius 2 is 1.92 bits per heavy atom. The van der Waals surface area contributed by atoms with E-state index < -0.39 is 17.9 Å². The highest BCUT2D eigenvalue weighted by Crippen LogP contribution is 2.06. The van der Waals surface area contributed by atoms with Crippen molar-refractivity contribution in [2.45, 2.75) is 19.8 Å². The number of carbonyl (C=O) groups is 2. The second-order valence-electron chi connectivity index (χ2n) is 2.37. The van der Waals surface area contributed by atoms with E-state index in [1.54, 1.807) is 6.92 Å². The van der Waals surface area contributed by atoms with Gasteiger partial charge in [0.15, 0.2) is 0 Å². The molecule has 6 nitrogen and oxygen atoms in total. The van der Waals surface area contributed by atoms with Gasteiger partial charge in [-0.2, -0.15) is 11.8 Å². The summed E-state index contributed by atoms with van der Waals surface area (Å²) < 4.78 is 0. The fraction of sp³-hybridized carbons (Fsp3) is 0.667. The van der Waals surface area contributed by atoms with Crippen LogP contribution < -0.4 is 11.8 Å². The van der Waals surface area contributed by atoms with Crippen LogP contribution >= 0.6 is 0 Å². The van der Waals surface area contributed by atoms with Crippen molar-refractivity contribution in [2.75, 3.05) is 0 Å². The maximum absolute atomic E-state index is 10.7. The largest absolute Gasteiger partial charge is 0.373 e. The molecule has 0 saturated heterocycles. The van der Waals surface area contributed by atoms with Gasteiger partial charge in [-0.05, 0) is 6.42 Å². The van der Waals surface area contributed by atoms with Gasteiger partial charge >= 0.3 is 11.9 Å². The smallest absolute Gasteiger partial charge is 0.327 e. The third-order valence-corrected chi connectivity index (χ3v) is 1.43. The predicted octanol–water partition coefficient (Wildman–Crippen LogP) is -0.763. The highest BCUT2D eigenvalue weighted by Gasteiger charge is 2.15. The Hall–Kier alpha value is -1.14. The summed E-state index contributed by atoms with van der Waals surface area (Å²) in [6.07, 6.45) is 0.388. The molecular formula is C6H12N2O4. The van der Waals surface area contributed by atoms with Crippen LogP contribution in [0.3, 0.4) is 0 Å². The normalized spacial score (nSPS) is 11.9. The first-order valence-corrected chi connectivity index (χ1v) is 3.42. The maximum Gasteiger partial charge on any atom is 0.327 e. The monoisotopic (exact) mass is 176 g/mol. The molecule has 0 aliphatic carbocycles. The van der Waals surface area contributed by atoms with Gasteiger partial charge in [0.25, 0.3) is 0 Å². The number of hydrogen-bond acceptors (Lipinski definition) is 6. The van der Waals surface area contributed by atoms with E-state index in [4.69, 9.17) is 0 Å². The summed E-state index contributed by atoms with van der Waals surface area (Å²) in [6, 6.07) is 0. The van der Waals surface area contributed by atoms with Gasteiger partial charge in [0.1, 0.15) is 0 Å². The van der Waals surface area contributed by atoms with Crippen LogP contribution in [0.5, 0.6) is 0 Å². The van der Waals surface area contributed by atoms with E-state index in [0.29, 0.717) is 6.42 Å². The van der Waals surface area contributed by atoms with Gasteiger partial charge in [0.2, 0.25) is 0 Å². The summed E-state index contributed by atoms with van der Waals surface area (Å²) in [7, 11) is 0. The molecule has 0 spiro atoms. The topological polar surface area (TPSA) is 105 Å². The Morgan fingerprint density at radius 3 is 2.33 bits per heavy atom. The molecule has 0 bridgehead atoms. The molecule has 0 rings (SSSR count). The van der Waals surface area contributed by atoms with Gasteiger partial charge in [0, 0.05) is 6.42 Å². The van der Waals surface area contributed by atoms with Crippen molar-refractivity contribution < 1.29 is 19.3 Å². The SMILES string of the molecule is CC(CCC(=O)ON)C(=O)ON. The third kappa shape index (κ3) is 3.89. The average molecular weight is 176 g/mol. The van der Waals surface area contributed by atoms with Gasteiger partial charge < -0.3 is 9.68 Å². The lowest BCUT2D eigenvalue weighted by atomic mass is 10.1. The van der Waals surface area contributed by atoms with Crippen molar-refractivity contribution in [3.05, 3.63) is 0 Å². The molecule has 0 heterocycles. The number of carbonyl (C=O) groups excluding carboxylic acids is 2. The van der Waals surface area contributed by atoms with Crippen LogP contribution in [-0.2, 0) is 19.3 Å². The molecule has 1 atom stereocenters. The molecule has 0 fully saturated rings. The average Bonchev–Trinajstić information content (AvgIpc) is 2.11. The molecule has 0 saturated carbocycles. The van der Waals surface area contributed by atoms with Gasteiger partial charge in [-0.1, -0.05) is 6.92 Å². The van der Waals surface area contributed by atoms with Gasteiger partial charge in [-0.25, -0.2) is 0 Å². The standard InChI is InChI=1S/C6H12N2O4/c1-4(6(10)12-8)2-3-5(9)11-7/h4H,2-3,7-8H2,1H3.